The van der Waals surface area contributed by atoms with Crippen LogP contribution in [0.1, 0.15) is 15.9 Å². The van der Waals surface area contributed by atoms with Gasteiger partial charge in [0.1, 0.15) is 5.82 Å². The topological polar surface area (TPSA) is 84.5 Å². The lowest BCUT2D eigenvalue weighted by Gasteiger charge is -2.10. The molecule has 8 heteroatoms. The number of hydrogen-bond donors (Lipinski definition) is 2. The number of sulfonamides is 1. The van der Waals surface area contributed by atoms with Crippen molar-refractivity contribution in [1.82, 2.24) is 5.48 Å². The number of carbonyl (C=O) groups excluding carboxylic acids is 1. The molecule has 1 amide bonds. The highest BCUT2D eigenvalue weighted by molar-refractivity contribution is 7.92. The smallest absolute Gasteiger partial charge is 0.274 e. The lowest BCUT2D eigenvalue weighted by atomic mass is 10.2. The van der Waals surface area contributed by atoms with Gasteiger partial charge in [-0.1, -0.05) is 12.1 Å². The second kappa shape index (κ2) is 6.76. The molecule has 0 bridgehead atoms. The molecule has 2 N–H and O–H groups in total. The molecular formula is C15H15FN2O4S. The summed E-state index contributed by atoms with van der Waals surface area (Å²) in [4.78, 5) is 16.0. The van der Waals surface area contributed by atoms with Gasteiger partial charge in [0, 0.05) is 11.3 Å². The van der Waals surface area contributed by atoms with Crippen LogP contribution in [0.25, 0.3) is 0 Å². The molecule has 0 aliphatic heterocycles. The van der Waals surface area contributed by atoms with Crippen LogP contribution in [0.5, 0.6) is 0 Å². The number of aryl methyl sites for hydroxylation is 1. The van der Waals surface area contributed by atoms with Crippen molar-refractivity contribution in [3.63, 3.8) is 0 Å². The first kappa shape index (κ1) is 16.9. The van der Waals surface area contributed by atoms with E-state index in [0.29, 0.717) is 5.56 Å². The molecule has 122 valence electrons. The van der Waals surface area contributed by atoms with Crippen molar-refractivity contribution in [3.05, 3.63) is 59.4 Å². The summed E-state index contributed by atoms with van der Waals surface area (Å²) in [7, 11) is -2.67. The number of rotatable bonds is 5. The number of benzene rings is 2. The molecule has 2 aromatic carbocycles. The maximum Gasteiger partial charge on any atom is 0.274 e. The number of amides is 1. The highest BCUT2D eigenvalue weighted by Gasteiger charge is 2.16. The first-order valence-electron chi connectivity index (χ1n) is 6.56. The normalized spacial score (nSPS) is 11.1. The third-order valence-corrected chi connectivity index (χ3v) is 4.40. The number of anilines is 1. The number of carbonyl (C=O) groups is 1. The molecule has 0 spiro atoms. The minimum atomic E-state index is -3.96. The fourth-order valence-corrected chi connectivity index (χ4v) is 2.89. The molecule has 0 aliphatic rings. The fourth-order valence-electron chi connectivity index (χ4n) is 1.83. The summed E-state index contributed by atoms with van der Waals surface area (Å²) in [6, 6.07) is 9.46. The monoisotopic (exact) mass is 338 g/mol. The van der Waals surface area contributed by atoms with Gasteiger partial charge in [-0.05, 0) is 42.8 Å². The van der Waals surface area contributed by atoms with E-state index < -0.39 is 21.7 Å². The van der Waals surface area contributed by atoms with Crippen molar-refractivity contribution in [2.75, 3.05) is 11.8 Å². The van der Waals surface area contributed by atoms with Crippen molar-refractivity contribution < 1.29 is 22.4 Å². The predicted molar refractivity (Wildman–Crippen MR) is 82.9 cm³/mol. The molecule has 2 aromatic rings. The van der Waals surface area contributed by atoms with E-state index in [4.69, 9.17) is 0 Å². The van der Waals surface area contributed by atoms with Crippen molar-refractivity contribution in [2.24, 2.45) is 0 Å². The van der Waals surface area contributed by atoms with Gasteiger partial charge >= 0.3 is 0 Å². The minimum Gasteiger partial charge on any atom is -0.280 e. The van der Waals surface area contributed by atoms with Crippen molar-refractivity contribution in [3.8, 4) is 0 Å². The van der Waals surface area contributed by atoms with Crippen LogP contribution in [-0.4, -0.2) is 21.4 Å². The van der Waals surface area contributed by atoms with Crippen molar-refractivity contribution in [1.29, 1.82) is 0 Å². The number of nitrogens with one attached hydrogen (secondary N) is 2. The third kappa shape index (κ3) is 4.05. The highest BCUT2D eigenvalue weighted by Crippen LogP contribution is 2.19. The molecule has 0 atom stereocenters. The zero-order valence-electron chi connectivity index (χ0n) is 12.5. The molecule has 6 nitrogen and oxygen atoms in total. The summed E-state index contributed by atoms with van der Waals surface area (Å²) in [5.41, 5.74) is 2.87. The second-order valence-corrected chi connectivity index (χ2v) is 6.42. The molecule has 23 heavy (non-hydrogen) atoms. The SMILES string of the molecule is CONC(=O)c1cccc(NS(=O)(=O)c2ccc(C)c(F)c2)c1. The van der Waals surface area contributed by atoms with Crippen LogP contribution in [0.4, 0.5) is 10.1 Å². The Bertz CT molecular complexity index is 837. The Morgan fingerprint density at radius 3 is 2.57 bits per heavy atom. The molecule has 0 aromatic heterocycles. The predicted octanol–water partition coefficient (Wildman–Crippen LogP) is 2.23. The zero-order chi connectivity index (χ0) is 17.0. The van der Waals surface area contributed by atoms with E-state index in [1.807, 2.05) is 0 Å². The summed E-state index contributed by atoms with van der Waals surface area (Å²) in [5, 5.41) is 0. The molecule has 2 rings (SSSR count). The van der Waals surface area contributed by atoms with Crippen LogP contribution in [0.15, 0.2) is 47.4 Å². The Hall–Kier alpha value is -2.45. The maximum atomic E-state index is 13.5. The first-order valence-corrected chi connectivity index (χ1v) is 8.04. The molecule has 0 aliphatic carbocycles. The standard InChI is InChI=1S/C15H15FN2O4S/c1-10-6-7-13(9-14(10)16)23(20,21)18-12-5-3-4-11(8-12)15(19)17-22-2/h3-9,18H,1-2H3,(H,17,19). The summed E-state index contributed by atoms with van der Waals surface area (Å²) < 4.78 is 40.4. The van der Waals surface area contributed by atoms with E-state index in [1.54, 1.807) is 0 Å². The van der Waals surface area contributed by atoms with E-state index in [2.05, 4.69) is 15.0 Å². The van der Waals surface area contributed by atoms with Crippen LogP contribution in [0.2, 0.25) is 0 Å². The number of hydrogen-bond acceptors (Lipinski definition) is 4. The molecule has 0 saturated heterocycles. The van der Waals surface area contributed by atoms with Crippen molar-refractivity contribution >= 4 is 21.6 Å². The molecule has 0 unspecified atom stereocenters. The van der Waals surface area contributed by atoms with Gasteiger partial charge in [0.05, 0.1) is 12.0 Å². The fraction of sp³-hybridized carbons (Fsp3) is 0.133. The maximum absolute atomic E-state index is 13.5. The average molecular weight is 338 g/mol. The molecule has 0 heterocycles. The van der Waals surface area contributed by atoms with Crippen LogP contribution in [0, 0.1) is 12.7 Å². The quantitative estimate of drug-likeness (QED) is 0.819. The van der Waals surface area contributed by atoms with E-state index in [9.17, 15) is 17.6 Å². The average Bonchev–Trinajstić information content (AvgIpc) is 2.50. The van der Waals surface area contributed by atoms with Crippen molar-refractivity contribution in [2.45, 2.75) is 11.8 Å². The van der Waals surface area contributed by atoms with E-state index >= 15 is 0 Å². The van der Waals surface area contributed by atoms with Gasteiger partial charge in [-0.2, -0.15) is 0 Å². The lowest BCUT2D eigenvalue weighted by molar-refractivity contribution is 0.0537. The first-order chi connectivity index (χ1) is 10.8. The van der Waals surface area contributed by atoms with Crippen LogP contribution in [0.3, 0.4) is 0 Å². The van der Waals surface area contributed by atoms with Gasteiger partial charge in [-0.3, -0.25) is 14.4 Å². The Labute approximate surface area is 133 Å². The van der Waals surface area contributed by atoms with E-state index in [0.717, 1.165) is 6.07 Å². The van der Waals surface area contributed by atoms with Gasteiger partial charge in [0.2, 0.25) is 0 Å². The summed E-state index contributed by atoms with van der Waals surface area (Å²) >= 11 is 0. The van der Waals surface area contributed by atoms with Crippen LogP contribution >= 0.6 is 0 Å². The summed E-state index contributed by atoms with van der Waals surface area (Å²) in [6.07, 6.45) is 0. The van der Waals surface area contributed by atoms with Gasteiger partial charge in [-0.15, -0.1) is 0 Å². The number of hydroxylamine groups is 1. The molecule has 0 fully saturated rings. The van der Waals surface area contributed by atoms with Gasteiger partial charge in [-0.25, -0.2) is 18.3 Å². The molecule has 0 saturated carbocycles. The Balaban J connectivity index is 2.28. The van der Waals surface area contributed by atoms with Gasteiger partial charge in [0.25, 0.3) is 15.9 Å². The highest BCUT2D eigenvalue weighted by atomic mass is 32.2. The summed E-state index contributed by atoms with van der Waals surface area (Å²) in [5.74, 6) is -1.13. The summed E-state index contributed by atoms with van der Waals surface area (Å²) in [6.45, 7) is 1.54. The molecule has 0 radical (unpaired) electrons. The Kier molecular flexibility index (Phi) is 4.97. The third-order valence-electron chi connectivity index (χ3n) is 3.03. The largest absolute Gasteiger partial charge is 0.280 e. The van der Waals surface area contributed by atoms with Crippen LogP contribution in [-0.2, 0) is 14.9 Å². The van der Waals surface area contributed by atoms with Gasteiger partial charge in [0.15, 0.2) is 0 Å². The molecular weight excluding hydrogens is 323 g/mol. The number of halogens is 1. The van der Waals surface area contributed by atoms with E-state index in [1.165, 1.54) is 50.4 Å². The Morgan fingerprint density at radius 2 is 1.91 bits per heavy atom. The van der Waals surface area contributed by atoms with Crippen LogP contribution < -0.4 is 10.2 Å². The van der Waals surface area contributed by atoms with Gasteiger partial charge < -0.3 is 0 Å². The second-order valence-electron chi connectivity index (χ2n) is 4.73. The zero-order valence-corrected chi connectivity index (χ0v) is 13.3. The Morgan fingerprint density at radius 1 is 1.17 bits per heavy atom. The lowest BCUT2D eigenvalue weighted by Crippen LogP contribution is -2.22. The minimum absolute atomic E-state index is 0.176. The van der Waals surface area contributed by atoms with E-state index in [-0.39, 0.29) is 16.1 Å².